The van der Waals surface area contributed by atoms with Gasteiger partial charge in [0.2, 0.25) is 0 Å². The van der Waals surface area contributed by atoms with Gasteiger partial charge in [-0.1, -0.05) is 39.8 Å². The molecular formula is C18H29ClN2O. The van der Waals surface area contributed by atoms with Gasteiger partial charge in [-0.2, -0.15) is 0 Å². The number of piperidine rings is 1. The molecule has 1 aromatic carbocycles. The van der Waals surface area contributed by atoms with Crippen molar-refractivity contribution in [3.63, 3.8) is 0 Å². The number of carbonyl (C=O) groups excluding carboxylic acids is 1. The lowest BCUT2D eigenvalue weighted by atomic mass is 9.81. The minimum absolute atomic E-state index is 0. The van der Waals surface area contributed by atoms with E-state index < -0.39 is 0 Å². The second-order valence-electron chi connectivity index (χ2n) is 7.57. The summed E-state index contributed by atoms with van der Waals surface area (Å²) in [5.41, 5.74) is 2.36. The van der Waals surface area contributed by atoms with Crippen LogP contribution in [0, 0.1) is 5.41 Å². The SMILES string of the molecule is CC1(CNC(=O)c2ccc(C(C)(C)C)cc2)CCNCC1.Cl. The average Bonchev–Trinajstić information content (AvgIpc) is 2.45. The fraction of sp³-hybridized carbons (Fsp3) is 0.611. The molecule has 2 N–H and O–H groups in total. The van der Waals surface area contributed by atoms with Crippen LogP contribution in [-0.4, -0.2) is 25.5 Å². The van der Waals surface area contributed by atoms with Crippen molar-refractivity contribution in [3.8, 4) is 0 Å². The predicted octanol–water partition coefficient (Wildman–Crippen LogP) is 3.53. The van der Waals surface area contributed by atoms with E-state index in [1.165, 1.54) is 5.56 Å². The average molecular weight is 325 g/mol. The highest BCUT2D eigenvalue weighted by Crippen LogP contribution is 2.27. The normalized spacial score (nSPS) is 17.5. The van der Waals surface area contributed by atoms with Crippen molar-refractivity contribution in [3.05, 3.63) is 35.4 Å². The third-order valence-electron chi connectivity index (χ3n) is 4.50. The van der Waals surface area contributed by atoms with Gasteiger partial charge in [0.15, 0.2) is 0 Å². The van der Waals surface area contributed by atoms with Crippen LogP contribution in [0.5, 0.6) is 0 Å². The summed E-state index contributed by atoms with van der Waals surface area (Å²) in [5, 5.41) is 6.47. The molecule has 0 saturated carbocycles. The molecule has 0 radical (unpaired) electrons. The molecule has 4 heteroatoms. The molecule has 0 atom stereocenters. The van der Waals surface area contributed by atoms with Crippen LogP contribution in [0.2, 0.25) is 0 Å². The molecule has 1 aromatic rings. The number of amides is 1. The van der Waals surface area contributed by atoms with E-state index in [4.69, 9.17) is 0 Å². The zero-order chi connectivity index (χ0) is 15.5. The maximum atomic E-state index is 12.3. The highest BCUT2D eigenvalue weighted by atomic mass is 35.5. The standard InChI is InChI=1S/C18H28N2O.ClH/c1-17(2,3)15-7-5-14(6-8-15)16(21)20-13-18(4)9-11-19-12-10-18;/h5-8,19H,9-13H2,1-4H3,(H,20,21);1H. The van der Waals surface area contributed by atoms with Crippen molar-refractivity contribution in [2.75, 3.05) is 19.6 Å². The van der Waals surface area contributed by atoms with Gasteiger partial charge in [-0.15, -0.1) is 12.4 Å². The lowest BCUT2D eigenvalue weighted by Gasteiger charge is -2.34. The Morgan fingerprint density at radius 2 is 1.73 bits per heavy atom. The third-order valence-corrected chi connectivity index (χ3v) is 4.50. The quantitative estimate of drug-likeness (QED) is 0.893. The number of hydrogen-bond donors (Lipinski definition) is 2. The second-order valence-corrected chi connectivity index (χ2v) is 7.57. The van der Waals surface area contributed by atoms with E-state index in [9.17, 15) is 4.79 Å². The van der Waals surface area contributed by atoms with Crippen LogP contribution in [0.3, 0.4) is 0 Å². The summed E-state index contributed by atoms with van der Waals surface area (Å²) in [5.74, 6) is 0.0372. The third kappa shape index (κ3) is 4.99. The van der Waals surface area contributed by atoms with Crippen molar-refractivity contribution in [2.24, 2.45) is 5.41 Å². The maximum Gasteiger partial charge on any atom is 0.251 e. The molecule has 0 aromatic heterocycles. The molecule has 1 aliphatic rings. The summed E-state index contributed by atoms with van der Waals surface area (Å²) in [6.07, 6.45) is 2.24. The molecule has 2 rings (SSSR count). The molecule has 0 bridgehead atoms. The Morgan fingerprint density at radius 1 is 1.18 bits per heavy atom. The number of hydrogen-bond acceptors (Lipinski definition) is 2. The molecule has 124 valence electrons. The minimum Gasteiger partial charge on any atom is -0.351 e. The smallest absolute Gasteiger partial charge is 0.251 e. The molecule has 1 heterocycles. The van der Waals surface area contributed by atoms with Gasteiger partial charge >= 0.3 is 0 Å². The van der Waals surface area contributed by atoms with Crippen molar-refractivity contribution < 1.29 is 4.79 Å². The molecular weight excluding hydrogens is 296 g/mol. The molecule has 0 spiro atoms. The zero-order valence-electron chi connectivity index (χ0n) is 14.2. The first-order chi connectivity index (χ1) is 9.80. The van der Waals surface area contributed by atoms with E-state index in [1.807, 2.05) is 12.1 Å². The van der Waals surface area contributed by atoms with Gasteiger partial charge in [0.05, 0.1) is 0 Å². The Bertz CT molecular complexity index is 485. The van der Waals surface area contributed by atoms with Crippen molar-refractivity contribution in [2.45, 2.75) is 46.0 Å². The first-order valence-corrected chi connectivity index (χ1v) is 7.90. The molecule has 1 saturated heterocycles. The molecule has 0 unspecified atom stereocenters. The van der Waals surface area contributed by atoms with Crippen LogP contribution in [0.4, 0.5) is 0 Å². The van der Waals surface area contributed by atoms with Gasteiger partial charge in [-0.3, -0.25) is 4.79 Å². The molecule has 0 aliphatic carbocycles. The topological polar surface area (TPSA) is 41.1 Å². The van der Waals surface area contributed by atoms with Gasteiger partial charge in [-0.05, 0) is 54.5 Å². The highest BCUT2D eigenvalue weighted by molar-refractivity contribution is 5.94. The summed E-state index contributed by atoms with van der Waals surface area (Å²) in [4.78, 5) is 12.3. The first-order valence-electron chi connectivity index (χ1n) is 7.90. The van der Waals surface area contributed by atoms with Crippen LogP contribution in [0.1, 0.15) is 56.5 Å². The van der Waals surface area contributed by atoms with Crippen molar-refractivity contribution in [1.29, 1.82) is 0 Å². The fourth-order valence-corrected chi connectivity index (χ4v) is 2.72. The number of carbonyl (C=O) groups is 1. The van der Waals surface area contributed by atoms with Crippen LogP contribution in [0.25, 0.3) is 0 Å². The van der Waals surface area contributed by atoms with Crippen LogP contribution < -0.4 is 10.6 Å². The summed E-state index contributed by atoms with van der Waals surface area (Å²) < 4.78 is 0. The number of rotatable bonds is 3. The zero-order valence-corrected chi connectivity index (χ0v) is 15.0. The van der Waals surface area contributed by atoms with E-state index in [-0.39, 0.29) is 29.1 Å². The monoisotopic (exact) mass is 324 g/mol. The molecule has 1 amide bonds. The lowest BCUT2D eigenvalue weighted by Crippen LogP contribution is -2.42. The highest BCUT2D eigenvalue weighted by Gasteiger charge is 2.27. The molecule has 3 nitrogen and oxygen atoms in total. The summed E-state index contributed by atoms with van der Waals surface area (Å²) in [6.45, 7) is 11.7. The molecule has 1 aliphatic heterocycles. The van der Waals surface area contributed by atoms with Gasteiger partial charge in [0.25, 0.3) is 5.91 Å². The molecule has 22 heavy (non-hydrogen) atoms. The first kappa shape index (κ1) is 19.0. The van der Waals surface area contributed by atoms with Crippen molar-refractivity contribution in [1.82, 2.24) is 10.6 Å². The minimum atomic E-state index is 0. The van der Waals surface area contributed by atoms with E-state index in [0.717, 1.165) is 38.0 Å². The van der Waals surface area contributed by atoms with E-state index >= 15 is 0 Å². The van der Waals surface area contributed by atoms with Gasteiger partial charge in [0, 0.05) is 12.1 Å². The van der Waals surface area contributed by atoms with Crippen LogP contribution in [0.15, 0.2) is 24.3 Å². The van der Waals surface area contributed by atoms with E-state index in [2.05, 4.69) is 50.5 Å². The van der Waals surface area contributed by atoms with Gasteiger partial charge < -0.3 is 10.6 Å². The summed E-state index contributed by atoms with van der Waals surface area (Å²) >= 11 is 0. The Hall–Kier alpha value is -1.06. The Labute approximate surface area is 140 Å². The summed E-state index contributed by atoms with van der Waals surface area (Å²) in [7, 11) is 0. The molecule has 1 fully saturated rings. The largest absolute Gasteiger partial charge is 0.351 e. The van der Waals surface area contributed by atoms with Gasteiger partial charge in [0.1, 0.15) is 0 Å². The Morgan fingerprint density at radius 3 is 2.23 bits per heavy atom. The lowest BCUT2D eigenvalue weighted by molar-refractivity contribution is 0.0922. The van der Waals surface area contributed by atoms with Crippen molar-refractivity contribution >= 4 is 18.3 Å². The fourth-order valence-electron chi connectivity index (χ4n) is 2.72. The van der Waals surface area contributed by atoms with E-state index in [0.29, 0.717) is 0 Å². The van der Waals surface area contributed by atoms with Crippen LogP contribution >= 0.6 is 12.4 Å². The Balaban J connectivity index is 0.00000242. The number of nitrogens with one attached hydrogen (secondary N) is 2. The Kier molecular flexibility index (Phi) is 6.45. The predicted molar refractivity (Wildman–Crippen MR) is 94.9 cm³/mol. The number of halogens is 1. The summed E-state index contributed by atoms with van der Waals surface area (Å²) in [6, 6.07) is 7.98. The van der Waals surface area contributed by atoms with Gasteiger partial charge in [-0.25, -0.2) is 0 Å². The second kappa shape index (κ2) is 7.47. The van der Waals surface area contributed by atoms with Crippen LogP contribution in [-0.2, 0) is 5.41 Å². The maximum absolute atomic E-state index is 12.3. The number of benzene rings is 1. The van der Waals surface area contributed by atoms with E-state index in [1.54, 1.807) is 0 Å².